The van der Waals surface area contributed by atoms with E-state index >= 15 is 0 Å². The van der Waals surface area contributed by atoms with Crippen LogP contribution in [-0.4, -0.2) is 33.4 Å². The van der Waals surface area contributed by atoms with Gasteiger partial charge in [0.15, 0.2) is 0 Å². The molecular formula is C24H19FN4O4S. The third-order valence-corrected chi connectivity index (χ3v) is 6.17. The fourth-order valence-corrected chi connectivity index (χ4v) is 4.24. The Hall–Kier alpha value is -4.05. The van der Waals surface area contributed by atoms with E-state index in [2.05, 4.69) is 15.5 Å². The van der Waals surface area contributed by atoms with Crippen LogP contribution in [0.4, 0.5) is 15.8 Å². The predicted molar refractivity (Wildman–Crippen MR) is 129 cm³/mol. The predicted octanol–water partition coefficient (Wildman–Crippen LogP) is 5.47. The number of halogens is 1. The molecule has 10 heteroatoms. The van der Waals surface area contributed by atoms with Crippen molar-refractivity contribution in [3.63, 3.8) is 0 Å². The maximum Gasteiger partial charge on any atom is 0.271 e. The molecule has 4 rings (SSSR count). The van der Waals surface area contributed by atoms with E-state index in [1.807, 2.05) is 24.3 Å². The molecule has 8 nitrogen and oxygen atoms in total. The van der Waals surface area contributed by atoms with E-state index in [0.29, 0.717) is 16.5 Å². The van der Waals surface area contributed by atoms with E-state index in [-0.39, 0.29) is 23.1 Å². The van der Waals surface area contributed by atoms with Crippen LogP contribution in [0, 0.1) is 15.9 Å². The highest BCUT2D eigenvalue weighted by Crippen LogP contribution is 2.34. The molecule has 0 spiro atoms. The molecule has 1 unspecified atom stereocenters. The number of thioether (sulfide) groups is 1. The summed E-state index contributed by atoms with van der Waals surface area (Å²) in [5, 5.41) is 24.0. The van der Waals surface area contributed by atoms with E-state index in [9.17, 15) is 19.3 Å². The average molecular weight is 479 g/mol. The molecule has 0 aliphatic rings. The summed E-state index contributed by atoms with van der Waals surface area (Å²) in [7, 11) is 1.42. The van der Waals surface area contributed by atoms with Crippen molar-refractivity contribution in [2.45, 2.75) is 17.2 Å². The van der Waals surface area contributed by atoms with E-state index in [1.165, 1.54) is 49.2 Å². The fourth-order valence-electron chi connectivity index (χ4n) is 3.35. The van der Waals surface area contributed by atoms with Crippen molar-refractivity contribution in [1.29, 1.82) is 0 Å². The van der Waals surface area contributed by atoms with E-state index < -0.39 is 10.2 Å². The molecule has 4 aromatic rings. The first-order valence-corrected chi connectivity index (χ1v) is 11.1. The number of nitro groups is 1. The third-order valence-electron chi connectivity index (χ3n) is 5.08. The molecule has 1 amide bonds. The molecule has 0 aliphatic carbocycles. The van der Waals surface area contributed by atoms with Crippen molar-refractivity contribution >= 4 is 39.8 Å². The molecule has 1 aromatic heterocycles. The van der Waals surface area contributed by atoms with Gasteiger partial charge < -0.3 is 10.1 Å². The zero-order chi connectivity index (χ0) is 24.2. The van der Waals surface area contributed by atoms with Crippen molar-refractivity contribution in [1.82, 2.24) is 10.2 Å². The highest BCUT2D eigenvalue weighted by molar-refractivity contribution is 8.00. The van der Waals surface area contributed by atoms with Gasteiger partial charge in [-0.2, -0.15) is 0 Å². The quantitative estimate of drug-likeness (QED) is 0.213. The Morgan fingerprint density at radius 3 is 2.47 bits per heavy atom. The van der Waals surface area contributed by atoms with Gasteiger partial charge in [0.1, 0.15) is 22.3 Å². The minimum Gasteiger partial charge on any atom is -0.495 e. The molecule has 1 N–H and O–H groups in total. The van der Waals surface area contributed by atoms with E-state index in [4.69, 9.17) is 4.74 Å². The SMILES string of the molecule is COc1ccc([N+](=O)[O-])cc1NC(=O)C(C)Sc1nnc(-c2ccc(F)cc2)c2ccccc12. The van der Waals surface area contributed by atoms with Crippen molar-refractivity contribution in [3.05, 3.63) is 82.7 Å². The number of hydrogen-bond acceptors (Lipinski definition) is 7. The topological polar surface area (TPSA) is 107 Å². The summed E-state index contributed by atoms with van der Waals surface area (Å²) < 4.78 is 18.6. The number of rotatable bonds is 7. The summed E-state index contributed by atoms with van der Waals surface area (Å²) in [6.45, 7) is 1.70. The number of aromatic nitrogens is 2. The molecule has 0 fully saturated rings. The maximum absolute atomic E-state index is 13.3. The van der Waals surface area contributed by atoms with Gasteiger partial charge >= 0.3 is 0 Å². The number of hydrogen-bond donors (Lipinski definition) is 1. The molecule has 1 heterocycles. The van der Waals surface area contributed by atoms with Gasteiger partial charge in [-0.25, -0.2) is 4.39 Å². The number of carbonyl (C=O) groups is 1. The molecule has 172 valence electrons. The minimum atomic E-state index is -0.599. The number of nitrogens with zero attached hydrogens (tertiary/aromatic N) is 3. The molecule has 3 aromatic carbocycles. The first kappa shape index (κ1) is 23.1. The average Bonchev–Trinajstić information content (AvgIpc) is 2.84. The lowest BCUT2D eigenvalue weighted by Crippen LogP contribution is -2.23. The number of ether oxygens (including phenoxy) is 1. The molecule has 0 bridgehead atoms. The number of amides is 1. The third kappa shape index (κ3) is 4.81. The van der Waals surface area contributed by atoms with Crippen molar-refractivity contribution in [3.8, 4) is 17.0 Å². The van der Waals surface area contributed by atoms with Crippen molar-refractivity contribution in [2.24, 2.45) is 0 Å². The number of carbonyl (C=O) groups excluding carboxylic acids is 1. The van der Waals surface area contributed by atoms with Crippen LogP contribution in [0.15, 0.2) is 71.8 Å². The maximum atomic E-state index is 13.3. The van der Waals surface area contributed by atoms with Crippen LogP contribution >= 0.6 is 11.8 Å². The highest BCUT2D eigenvalue weighted by atomic mass is 32.2. The number of nitrogens with one attached hydrogen (secondary N) is 1. The first-order chi connectivity index (χ1) is 16.4. The molecule has 34 heavy (non-hydrogen) atoms. The van der Waals surface area contributed by atoms with Crippen LogP contribution in [0.2, 0.25) is 0 Å². The zero-order valence-corrected chi connectivity index (χ0v) is 19.0. The molecule has 0 aliphatic heterocycles. The number of methoxy groups -OCH3 is 1. The monoisotopic (exact) mass is 478 g/mol. The molecule has 0 saturated carbocycles. The van der Waals surface area contributed by atoms with Crippen LogP contribution < -0.4 is 10.1 Å². The Kier molecular flexibility index (Phi) is 6.69. The van der Waals surface area contributed by atoms with Crippen molar-refractivity contribution in [2.75, 3.05) is 12.4 Å². The number of anilines is 1. The molecular weight excluding hydrogens is 459 g/mol. The molecule has 1 atom stereocenters. The van der Waals surface area contributed by atoms with Gasteiger partial charge in [-0.3, -0.25) is 14.9 Å². The lowest BCUT2D eigenvalue weighted by atomic mass is 10.1. The highest BCUT2D eigenvalue weighted by Gasteiger charge is 2.21. The Bertz CT molecular complexity index is 1380. The Morgan fingerprint density at radius 1 is 1.09 bits per heavy atom. The van der Waals surface area contributed by atoms with Gasteiger partial charge in [0.2, 0.25) is 5.91 Å². The summed E-state index contributed by atoms with van der Waals surface area (Å²) in [4.78, 5) is 23.4. The van der Waals surface area contributed by atoms with Gasteiger partial charge in [-0.15, -0.1) is 10.2 Å². The second kappa shape index (κ2) is 9.84. The van der Waals surface area contributed by atoms with Crippen LogP contribution in [0.3, 0.4) is 0 Å². The van der Waals surface area contributed by atoms with Crippen molar-refractivity contribution < 1.29 is 18.8 Å². The zero-order valence-electron chi connectivity index (χ0n) is 18.2. The lowest BCUT2D eigenvalue weighted by Gasteiger charge is -2.15. The summed E-state index contributed by atoms with van der Waals surface area (Å²) in [6.07, 6.45) is 0. The Labute approximate surface area is 198 Å². The summed E-state index contributed by atoms with van der Waals surface area (Å²) >= 11 is 1.21. The summed E-state index contributed by atoms with van der Waals surface area (Å²) in [6, 6.07) is 17.5. The standard InChI is InChI=1S/C24H19FN4O4S/c1-14(23(30)26-20-13-17(29(31)32)11-12-21(20)33-2)34-24-19-6-4-3-5-18(19)22(27-28-24)15-7-9-16(25)10-8-15/h3-14H,1-2H3,(H,26,30). The van der Waals surface area contributed by atoms with Crippen LogP contribution in [0.5, 0.6) is 5.75 Å². The van der Waals surface area contributed by atoms with Crippen LogP contribution in [0.25, 0.3) is 22.0 Å². The normalized spacial score (nSPS) is 11.7. The minimum absolute atomic E-state index is 0.162. The van der Waals surface area contributed by atoms with Gasteiger partial charge in [0.05, 0.1) is 23.0 Å². The second-order valence-electron chi connectivity index (χ2n) is 7.30. The second-order valence-corrected chi connectivity index (χ2v) is 8.63. The fraction of sp³-hybridized carbons (Fsp3) is 0.125. The smallest absolute Gasteiger partial charge is 0.271 e. The van der Waals surface area contributed by atoms with Gasteiger partial charge in [-0.05, 0) is 37.3 Å². The molecule has 0 saturated heterocycles. The lowest BCUT2D eigenvalue weighted by molar-refractivity contribution is -0.384. The number of nitro benzene ring substituents is 1. The van der Waals surface area contributed by atoms with E-state index in [0.717, 1.165) is 16.3 Å². The van der Waals surface area contributed by atoms with Gasteiger partial charge in [0.25, 0.3) is 5.69 Å². The van der Waals surface area contributed by atoms with E-state index in [1.54, 1.807) is 19.1 Å². The van der Waals surface area contributed by atoms with Crippen LogP contribution in [0.1, 0.15) is 6.92 Å². The Balaban J connectivity index is 1.60. The Morgan fingerprint density at radius 2 is 1.79 bits per heavy atom. The van der Waals surface area contributed by atoms with Gasteiger partial charge in [0, 0.05) is 28.5 Å². The van der Waals surface area contributed by atoms with Crippen LogP contribution in [-0.2, 0) is 4.79 Å². The first-order valence-electron chi connectivity index (χ1n) is 10.2. The molecule has 0 radical (unpaired) electrons. The largest absolute Gasteiger partial charge is 0.495 e. The number of non-ortho nitro benzene ring substituents is 1. The summed E-state index contributed by atoms with van der Waals surface area (Å²) in [5.41, 5.74) is 1.38. The van der Waals surface area contributed by atoms with Gasteiger partial charge in [-0.1, -0.05) is 36.0 Å². The number of fused-ring (bicyclic) bond motifs is 1. The number of benzene rings is 3. The summed E-state index contributed by atoms with van der Waals surface area (Å²) in [5.74, 6) is -0.407.